The molecule has 100 valence electrons. The van der Waals surface area contributed by atoms with Crippen molar-refractivity contribution in [2.45, 2.75) is 6.54 Å². The molecule has 0 fully saturated rings. The highest BCUT2D eigenvalue weighted by atomic mass is 35.5. The highest BCUT2D eigenvalue weighted by Crippen LogP contribution is 2.21. The molecule has 3 aromatic heterocycles. The summed E-state index contributed by atoms with van der Waals surface area (Å²) in [6.45, 7) is 0.355. The molecule has 6 nitrogen and oxygen atoms in total. The second kappa shape index (κ2) is 5.36. The first-order valence-corrected chi connectivity index (χ1v) is 6.25. The standard InChI is InChI=1S/C13H10ClN5O/c14-9-1-2-11(17-7-9)12-18-13(20-19-12)8-3-4-16-10(5-8)6-15/h1-5,7H,6,15H2. The van der Waals surface area contributed by atoms with Crippen LogP contribution >= 0.6 is 11.6 Å². The van der Waals surface area contributed by atoms with Gasteiger partial charge >= 0.3 is 0 Å². The lowest BCUT2D eigenvalue weighted by atomic mass is 10.2. The number of nitrogens with zero attached hydrogens (tertiary/aromatic N) is 4. The first-order valence-electron chi connectivity index (χ1n) is 5.87. The zero-order valence-corrected chi connectivity index (χ0v) is 11.1. The maximum absolute atomic E-state index is 5.79. The van der Waals surface area contributed by atoms with Crippen molar-refractivity contribution in [3.8, 4) is 23.0 Å². The SMILES string of the molecule is NCc1cc(-c2nc(-c3ccc(Cl)cn3)no2)ccn1. The van der Waals surface area contributed by atoms with Crippen LogP contribution in [0.2, 0.25) is 5.02 Å². The molecule has 0 saturated carbocycles. The molecule has 3 aromatic rings. The average molecular weight is 288 g/mol. The van der Waals surface area contributed by atoms with E-state index in [9.17, 15) is 0 Å². The summed E-state index contributed by atoms with van der Waals surface area (Å²) in [5.74, 6) is 0.802. The van der Waals surface area contributed by atoms with Crippen LogP contribution in [0.25, 0.3) is 23.0 Å². The molecule has 0 aliphatic rings. The number of hydrogen-bond donors (Lipinski definition) is 1. The number of nitrogens with two attached hydrogens (primary N) is 1. The van der Waals surface area contributed by atoms with Gasteiger partial charge in [0.1, 0.15) is 5.69 Å². The number of aromatic nitrogens is 4. The van der Waals surface area contributed by atoms with Gasteiger partial charge in [-0.25, -0.2) is 0 Å². The van der Waals surface area contributed by atoms with Gasteiger partial charge in [-0.2, -0.15) is 4.98 Å². The second-order valence-electron chi connectivity index (χ2n) is 4.02. The molecular formula is C13H10ClN5O. The Bertz CT molecular complexity index is 726. The molecule has 0 saturated heterocycles. The van der Waals surface area contributed by atoms with Crippen molar-refractivity contribution in [3.63, 3.8) is 0 Å². The molecule has 7 heteroatoms. The zero-order valence-electron chi connectivity index (χ0n) is 10.3. The van der Waals surface area contributed by atoms with Crippen LogP contribution in [0.4, 0.5) is 0 Å². The van der Waals surface area contributed by atoms with Crippen molar-refractivity contribution in [2.24, 2.45) is 5.73 Å². The second-order valence-corrected chi connectivity index (χ2v) is 4.46. The predicted octanol–water partition coefficient (Wildman–Crippen LogP) is 2.31. The smallest absolute Gasteiger partial charge is 0.258 e. The number of halogens is 1. The summed E-state index contributed by atoms with van der Waals surface area (Å²) < 4.78 is 5.23. The number of pyridine rings is 2. The summed E-state index contributed by atoms with van der Waals surface area (Å²) in [6.07, 6.45) is 3.19. The Morgan fingerprint density at radius 2 is 2.10 bits per heavy atom. The van der Waals surface area contributed by atoms with E-state index < -0.39 is 0 Å². The topological polar surface area (TPSA) is 90.7 Å². The number of rotatable bonds is 3. The Balaban J connectivity index is 1.95. The van der Waals surface area contributed by atoms with Gasteiger partial charge in [-0.05, 0) is 24.3 Å². The van der Waals surface area contributed by atoms with E-state index in [1.807, 2.05) is 6.07 Å². The van der Waals surface area contributed by atoms with E-state index in [4.69, 9.17) is 21.9 Å². The molecule has 0 atom stereocenters. The van der Waals surface area contributed by atoms with Crippen LogP contribution in [-0.4, -0.2) is 20.1 Å². The first-order chi connectivity index (χ1) is 9.76. The van der Waals surface area contributed by atoms with Crippen LogP contribution in [0, 0.1) is 0 Å². The number of hydrogen-bond acceptors (Lipinski definition) is 6. The van der Waals surface area contributed by atoms with Crippen LogP contribution < -0.4 is 5.73 Å². The molecule has 0 radical (unpaired) electrons. The average Bonchev–Trinajstić information content (AvgIpc) is 2.98. The molecule has 0 amide bonds. The lowest BCUT2D eigenvalue weighted by molar-refractivity contribution is 0.432. The molecule has 0 unspecified atom stereocenters. The monoisotopic (exact) mass is 287 g/mol. The van der Waals surface area contributed by atoms with E-state index in [0.717, 1.165) is 11.3 Å². The molecule has 3 heterocycles. The van der Waals surface area contributed by atoms with Crippen molar-refractivity contribution < 1.29 is 4.52 Å². The maximum atomic E-state index is 5.79. The Labute approximate surface area is 119 Å². The summed E-state index contributed by atoms with van der Waals surface area (Å²) in [6, 6.07) is 7.05. The quantitative estimate of drug-likeness (QED) is 0.795. The Morgan fingerprint density at radius 3 is 2.85 bits per heavy atom. The first kappa shape index (κ1) is 12.7. The highest BCUT2D eigenvalue weighted by Gasteiger charge is 2.12. The van der Waals surface area contributed by atoms with Gasteiger partial charge in [0, 0.05) is 24.5 Å². The van der Waals surface area contributed by atoms with Crippen LogP contribution in [0.1, 0.15) is 5.69 Å². The molecule has 0 bridgehead atoms. The van der Waals surface area contributed by atoms with Crippen LogP contribution in [0.5, 0.6) is 0 Å². The predicted molar refractivity (Wildman–Crippen MR) is 73.7 cm³/mol. The Kier molecular flexibility index (Phi) is 3.41. The van der Waals surface area contributed by atoms with Crippen molar-refractivity contribution in [3.05, 3.63) is 47.4 Å². The fourth-order valence-electron chi connectivity index (χ4n) is 1.68. The third kappa shape index (κ3) is 2.52. The largest absolute Gasteiger partial charge is 0.334 e. The van der Waals surface area contributed by atoms with Gasteiger partial charge in [0.25, 0.3) is 5.89 Å². The van der Waals surface area contributed by atoms with Crippen molar-refractivity contribution >= 4 is 11.6 Å². The Morgan fingerprint density at radius 1 is 1.20 bits per heavy atom. The molecule has 2 N–H and O–H groups in total. The van der Waals surface area contributed by atoms with Gasteiger partial charge < -0.3 is 10.3 Å². The molecular weight excluding hydrogens is 278 g/mol. The van der Waals surface area contributed by atoms with Crippen LogP contribution in [0.3, 0.4) is 0 Å². The summed E-state index contributed by atoms with van der Waals surface area (Å²) in [5, 5.41) is 4.46. The van der Waals surface area contributed by atoms with Gasteiger partial charge in [-0.3, -0.25) is 9.97 Å². The van der Waals surface area contributed by atoms with E-state index >= 15 is 0 Å². The van der Waals surface area contributed by atoms with E-state index in [-0.39, 0.29) is 0 Å². The normalized spacial score (nSPS) is 10.7. The minimum Gasteiger partial charge on any atom is -0.334 e. The van der Waals surface area contributed by atoms with E-state index in [1.165, 1.54) is 6.20 Å². The lowest BCUT2D eigenvalue weighted by Crippen LogP contribution is -1.98. The Hall–Kier alpha value is -2.31. The van der Waals surface area contributed by atoms with Gasteiger partial charge in [-0.1, -0.05) is 16.8 Å². The van der Waals surface area contributed by atoms with Crippen LogP contribution in [0.15, 0.2) is 41.2 Å². The van der Waals surface area contributed by atoms with Crippen LogP contribution in [-0.2, 0) is 6.54 Å². The maximum Gasteiger partial charge on any atom is 0.258 e. The molecule has 0 aliphatic carbocycles. The zero-order chi connectivity index (χ0) is 13.9. The van der Waals surface area contributed by atoms with Crippen molar-refractivity contribution in [1.29, 1.82) is 0 Å². The van der Waals surface area contributed by atoms with Crippen molar-refractivity contribution in [2.75, 3.05) is 0 Å². The molecule has 0 aromatic carbocycles. The lowest BCUT2D eigenvalue weighted by Gasteiger charge is -1.97. The summed E-state index contributed by atoms with van der Waals surface area (Å²) >= 11 is 5.79. The fraction of sp³-hybridized carbons (Fsp3) is 0.0769. The minimum atomic E-state index is 0.355. The molecule has 3 rings (SSSR count). The summed E-state index contributed by atoms with van der Waals surface area (Å²) in [7, 11) is 0. The van der Waals surface area contributed by atoms with E-state index in [2.05, 4.69) is 20.1 Å². The summed E-state index contributed by atoms with van der Waals surface area (Å²) in [5.41, 5.74) is 7.68. The van der Waals surface area contributed by atoms with Gasteiger partial charge in [0.2, 0.25) is 5.82 Å². The third-order valence-corrected chi connectivity index (χ3v) is 2.88. The third-order valence-electron chi connectivity index (χ3n) is 2.66. The summed E-state index contributed by atoms with van der Waals surface area (Å²) in [4.78, 5) is 12.6. The fourth-order valence-corrected chi connectivity index (χ4v) is 1.79. The van der Waals surface area contributed by atoms with Gasteiger partial charge in [-0.15, -0.1) is 0 Å². The van der Waals surface area contributed by atoms with Gasteiger partial charge in [0.15, 0.2) is 0 Å². The van der Waals surface area contributed by atoms with E-state index in [0.29, 0.717) is 29.0 Å². The van der Waals surface area contributed by atoms with Gasteiger partial charge in [0.05, 0.1) is 10.7 Å². The van der Waals surface area contributed by atoms with E-state index in [1.54, 1.807) is 24.4 Å². The van der Waals surface area contributed by atoms with Crippen molar-refractivity contribution in [1.82, 2.24) is 20.1 Å². The minimum absolute atomic E-state index is 0.355. The highest BCUT2D eigenvalue weighted by molar-refractivity contribution is 6.30. The molecule has 0 spiro atoms. The molecule has 0 aliphatic heterocycles. The molecule has 20 heavy (non-hydrogen) atoms.